The standard InChI is InChI=1S/C10H19N/c1-6-9(11)10(4,5)7-8(2)3/h6,8,11H,1,7H2,2-5H3. The summed E-state index contributed by atoms with van der Waals surface area (Å²) in [6.07, 6.45) is 2.69. The van der Waals surface area contributed by atoms with E-state index in [1.54, 1.807) is 6.08 Å². The highest BCUT2D eigenvalue weighted by atomic mass is 14.5. The smallest absolute Gasteiger partial charge is 0.0364 e. The fourth-order valence-corrected chi connectivity index (χ4v) is 1.41. The van der Waals surface area contributed by atoms with Gasteiger partial charge in [0.25, 0.3) is 0 Å². The molecule has 11 heavy (non-hydrogen) atoms. The number of hydrogen-bond donors (Lipinski definition) is 1. The molecule has 0 rings (SSSR count). The lowest BCUT2D eigenvalue weighted by molar-refractivity contribution is 0.394. The fourth-order valence-electron chi connectivity index (χ4n) is 1.41. The van der Waals surface area contributed by atoms with E-state index in [0.29, 0.717) is 11.6 Å². The van der Waals surface area contributed by atoms with E-state index in [-0.39, 0.29) is 5.41 Å². The molecule has 0 saturated carbocycles. The van der Waals surface area contributed by atoms with Crippen LogP contribution < -0.4 is 0 Å². The SMILES string of the molecule is C=CC(=N)C(C)(C)CC(C)C. The number of hydrogen-bond acceptors (Lipinski definition) is 1. The Bertz CT molecular complexity index is 154. The van der Waals surface area contributed by atoms with Gasteiger partial charge in [-0.05, 0) is 18.4 Å². The van der Waals surface area contributed by atoms with Gasteiger partial charge < -0.3 is 5.41 Å². The average molecular weight is 153 g/mol. The van der Waals surface area contributed by atoms with Gasteiger partial charge in [0.2, 0.25) is 0 Å². The van der Waals surface area contributed by atoms with E-state index >= 15 is 0 Å². The van der Waals surface area contributed by atoms with E-state index in [1.165, 1.54) is 0 Å². The Labute approximate surface area is 70.0 Å². The molecule has 0 saturated heterocycles. The Morgan fingerprint density at radius 3 is 2.27 bits per heavy atom. The molecular weight excluding hydrogens is 134 g/mol. The van der Waals surface area contributed by atoms with Crippen LogP contribution in [0.3, 0.4) is 0 Å². The Morgan fingerprint density at radius 1 is 1.55 bits per heavy atom. The summed E-state index contributed by atoms with van der Waals surface area (Å²) in [7, 11) is 0. The molecule has 64 valence electrons. The van der Waals surface area contributed by atoms with Gasteiger partial charge in [-0.15, -0.1) is 0 Å². The third-order valence-electron chi connectivity index (χ3n) is 1.85. The Kier molecular flexibility index (Phi) is 3.50. The van der Waals surface area contributed by atoms with Crippen LogP contribution in [-0.4, -0.2) is 5.71 Å². The number of allylic oxidation sites excluding steroid dienone is 1. The summed E-state index contributed by atoms with van der Waals surface area (Å²) < 4.78 is 0. The molecule has 0 aliphatic rings. The normalized spacial score (nSPS) is 11.7. The zero-order valence-corrected chi connectivity index (χ0v) is 8.07. The van der Waals surface area contributed by atoms with Crippen molar-refractivity contribution in [2.75, 3.05) is 0 Å². The Morgan fingerprint density at radius 2 is 2.00 bits per heavy atom. The molecule has 1 heteroatoms. The Balaban J connectivity index is 4.20. The molecular formula is C10H19N. The summed E-state index contributed by atoms with van der Waals surface area (Å²) in [5.74, 6) is 0.644. The van der Waals surface area contributed by atoms with Gasteiger partial charge in [-0.3, -0.25) is 0 Å². The van der Waals surface area contributed by atoms with Crippen LogP contribution in [0.1, 0.15) is 34.1 Å². The van der Waals surface area contributed by atoms with Crippen LogP contribution in [0.5, 0.6) is 0 Å². The second-order valence-corrected chi connectivity index (χ2v) is 4.10. The topological polar surface area (TPSA) is 23.9 Å². The van der Waals surface area contributed by atoms with E-state index in [2.05, 4.69) is 34.3 Å². The van der Waals surface area contributed by atoms with Crippen LogP contribution in [0.25, 0.3) is 0 Å². The Hall–Kier alpha value is -0.590. The quantitative estimate of drug-likeness (QED) is 0.599. The zero-order chi connectivity index (χ0) is 9.07. The van der Waals surface area contributed by atoms with E-state index in [1.807, 2.05) is 0 Å². The van der Waals surface area contributed by atoms with Crippen molar-refractivity contribution in [1.82, 2.24) is 0 Å². The van der Waals surface area contributed by atoms with E-state index in [0.717, 1.165) is 6.42 Å². The first kappa shape index (κ1) is 10.4. The van der Waals surface area contributed by atoms with Gasteiger partial charge in [0.05, 0.1) is 0 Å². The zero-order valence-electron chi connectivity index (χ0n) is 8.07. The van der Waals surface area contributed by atoms with Crippen molar-refractivity contribution in [3.63, 3.8) is 0 Å². The lowest BCUT2D eigenvalue weighted by atomic mass is 9.80. The molecule has 0 atom stereocenters. The van der Waals surface area contributed by atoms with Crippen LogP contribution >= 0.6 is 0 Å². The van der Waals surface area contributed by atoms with Crippen LogP contribution in [0, 0.1) is 16.7 Å². The summed E-state index contributed by atoms with van der Waals surface area (Å²) in [6.45, 7) is 12.2. The van der Waals surface area contributed by atoms with E-state index < -0.39 is 0 Å². The molecule has 0 aromatic carbocycles. The summed E-state index contributed by atoms with van der Waals surface area (Å²) in [6, 6.07) is 0. The molecule has 0 aliphatic heterocycles. The summed E-state index contributed by atoms with van der Waals surface area (Å²) in [5, 5.41) is 7.62. The highest BCUT2D eigenvalue weighted by Gasteiger charge is 2.22. The number of rotatable bonds is 4. The maximum atomic E-state index is 7.62. The molecule has 0 aliphatic carbocycles. The fraction of sp³-hybridized carbons (Fsp3) is 0.700. The molecule has 0 bridgehead atoms. The third kappa shape index (κ3) is 3.35. The largest absolute Gasteiger partial charge is 0.305 e. The first-order valence-electron chi connectivity index (χ1n) is 4.11. The molecule has 0 amide bonds. The lowest BCUT2D eigenvalue weighted by Crippen LogP contribution is -2.23. The summed E-state index contributed by atoms with van der Waals surface area (Å²) in [4.78, 5) is 0. The van der Waals surface area contributed by atoms with Crippen LogP contribution in [-0.2, 0) is 0 Å². The van der Waals surface area contributed by atoms with E-state index in [4.69, 9.17) is 5.41 Å². The minimum Gasteiger partial charge on any atom is -0.305 e. The molecule has 1 nitrogen and oxygen atoms in total. The maximum Gasteiger partial charge on any atom is 0.0364 e. The highest BCUT2D eigenvalue weighted by molar-refractivity contribution is 5.96. The van der Waals surface area contributed by atoms with Crippen molar-refractivity contribution in [3.05, 3.63) is 12.7 Å². The van der Waals surface area contributed by atoms with Gasteiger partial charge in [0, 0.05) is 11.1 Å². The first-order valence-corrected chi connectivity index (χ1v) is 4.11. The lowest BCUT2D eigenvalue weighted by Gasteiger charge is -2.25. The predicted octanol–water partition coefficient (Wildman–Crippen LogP) is 3.26. The average Bonchev–Trinajstić information content (AvgIpc) is 1.83. The molecule has 0 heterocycles. The van der Waals surface area contributed by atoms with Crippen molar-refractivity contribution in [1.29, 1.82) is 5.41 Å². The van der Waals surface area contributed by atoms with Crippen molar-refractivity contribution >= 4 is 5.71 Å². The van der Waals surface area contributed by atoms with Crippen LogP contribution in [0.2, 0.25) is 0 Å². The van der Waals surface area contributed by atoms with Crippen LogP contribution in [0.4, 0.5) is 0 Å². The molecule has 0 spiro atoms. The summed E-state index contributed by atoms with van der Waals surface area (Å²) >= 11 is 0. The van der Waals surface area contributed by atoms with Crippen molar-refractivity contribution in [2.45, 2.75) is 34.1 Å². The molecule has 0 radical (unpaired) electrons. The maximum absolute atomic E-state index is 7.62. The molecule has 0 fully saturated rings. The molecule has 1 N–H and O–H groups in total. The molecule has 0 aromatic rings. The van der Waals surface area contributed by atoms with Gasteiger partial charge in [0.1, 0.15) is 0 Å². The minimum atomic E-state index is -0.00405. The van der Waals surface area contributed by atoms with Gasteiger partial charge in [0.15, 0.2) is 0 Å². The molecule has 0 aromatic heterocycles. The summed E-state index contributed by atoms with van der Waals surface area (Å²) in [5.41, 5.74) is 0.641. The third-order valence-corrected chi connectivity index (χ3v) is 1.85. The van der Waals surface area contributed by atoms with Crippen molar-refractivity contribution in [3.8, 4) is 0 Å². The second kappa shape index (κ2) is 3.70. The molecule has 0 unspecified atom stereocenters. The number of nitrogens with one attached hydrogen (secondary N) is 1. The second-order valence-electron chi connectivity index (χ2n) is 4.10. The highest BCUT2D eigenvalue weighted by Crippen LogP contribution is 2.26. The van der Waals surface area contributed by atoms with Crippen LogP contribution in [0.15, 0.2) is 12.7 Å². The van der Waals surface area contributed by atoms with Gasteiger partial charge >= 0.3 is 0 Å². The van der Waals surface area contributed by atoms with Crippen molar-refractivity contribution in [2.24, 2.45) is 11.3 Å². The monoisotopic (exact) mass is 153 g/mol. The predicted molar refractivity (Wildman–Crippen MR) is 51.2 cm³/mol. The first-order chi connectivity index (χ1) is 4.90. The minimum absolute atomic E-state index is 0.00405. The van der Waals surface area contributed by atoms with Gasteiger partial charge in [-0.25, -0.2) is 0 Å². The van der Waals surface area contributed by atoms with Gasteiger partial charge in [-0.2, -0.15) is 0 Å². The van der Waals surface area contributed by atoms with Crippen molar-refractivity contribution < 1.29 is 0 Å². The van der Waals surface area contributed by atoms with E-state index in [9.17, 15) is 0 Å². The van der Waals surface area contributed by atoms with Gasteiger partial charge in [-0.1, -0.05) is 34.3 Å².